The molecule has 0 aliphatic carbocycles. The summed E-state index contributed by atoms with van der Waals surface area (Å²) in [6.45, 7) is 1.95. The Morgan fingerprint density at radius 1 is 1.06 bits per heavy atom. The zero-order valence-electron chi connectivity index (χ0n) is 18.2. The van der Waals surface area contributed by atoms with Crippen molar-refractivity contribution in [3.8, 4) is 22.8 Å². The molecule has 0 saturated carbocycles. The number of aromatic nitrogens is 4. The van der Waals surface area contributed by atoms with Crippen molar-refractivity contribution in [2.45, 2.75) is 18.5 Å². The van der Waals surface area contributed by atoms with Gasteiger partial charge in [-0.05, 0) is 72.6 Å². The number of nitrogens with zero attached hydrogens (tertiary/aromatic N) is 5. The molecule has 0 bridgehead atoms. The van der Waals surface area contributed by atoms with Gasteiger partial charge in [0.1, 0.15) is 5.75 Å². The van der Waals surface area contributed by atoms with Crippen LogP contribution in [0.5, 0.6) is 5.75 Å². The van der Waals surface area contributed by atoms with Crippen molar-refractivity contribution in [1.29, 1.82) is 0 Å². The Balaban J connectivity index is 1.52. The smallest absolute Gasteiger partial charge is 0.250 e. The van der Waals surface area contributed by atoms with Crippen LogP contribution in [0.25, 0.3) is 17.1 Å². The zero-order valence-corrected chi connectivity index (χ0v) is 20.6. The number of amides is 1. The van der Waals surface area contributed by atoms with Gasteiger partial charge in [0.05, 0.1) is 11.5 Å². The topological polar surface area (TPSA) is 105 Å². The number of carbonyl (C=O) groups excluding carboxylic acids is 1. The number of nitrogens with one attached hydrogen (secondary N) is 1. The van der Waals surface area contributed by atoms with Gasteiger partial charge in [0, 0.05) is 28.1 Å². The van der Waals surface area contributed by atoms with Crippen LogP contribution in [0, 0.1) is 0 Å². The summed E-state index contributed by atoms with van der Waals surface area (Å²) >= 11 is 4.74. The molecule has 2 aromatic carbocycles. The monoisotopic (exact) mass is 536 g/mol. The summed E-state index contributed by atoms with van der Waals surface area (Å²) in [7, 11) is 0. The van der Waals surface area contributed by atoms with Gasteiger partial charge < -0.3 is 5.11 Å². The fourth-order valence-corrected chi connectivity index (χ4v) is 4.18. The minimum absolute atomic E-state index is 0.112. The minimum Gasteiger partial charge on any atom is -0.508 e. The largest absolute Gasteiger partial charge is 0.508 e. The summed E-state index contributed by atoms with van der Waals surface area (Å²) in [5.74, 6) is 0.693. The first kappa shape index (κ1) is 23.7. The normalized spacial score (nSPS) is 11.4. The molecule has 2 heterocycles. The number of pyridine rings is 1. The van der Waals surface area contributed by atoms with E-state index in [1.165, 1.54) is 11.8 Å². The number of rotatable bonds is 8. The SMILES string of the molecule is CC/C(=N\NC(=O)CSc1nnc(-c2ccncc2)n1-c1ccc(Br)cc1)c1ccc(O)cc1. The van der Waals surface area contributed by atoms with E-state index < -0.39 is 0 Å². The molecule has 8 nitrogen and oxygen atoms in total. The van der Waals surface area contributed by atoms with Gasteiger partial charge in [-0.3, -0.25) is 14.3 Å². The molecule has 4 aromatic rings. The van der Waals surface area contributed by atoms with Crippen LogP contribution in [0.15, 0.2) is 87.8 Å². The van der Waals surface area contributed by atoms with Gasteiger partial charge in [-0.2, -0.15) is 5.10 Å². The number of phenolic OH excluding ortho intramolecular Hbond substituents is 1. The molecule has 1 amide bonds. The molecule has 0 aliphatic heterocycles. The molecule has 34 heavy (non-hydrogen) atoms. The van der Waals surface area contributed by atoms with Crippen LogP contribution in [0.3, 0.4) is 0 Å². The highest BCUT2D eigenvalue weighted by atomic mass is 79.9. The lowest BCUT2D eigenvalue weighted by molar-refractivity contribution is -0.118. The second kappa shape index (κ2) is 11.1. The zero-order chi connectivity index (χ0) is 23.9. The summed E-state index contributed by atoms with van der Waals surface area (Å²) in [5.41, 5.74) is 5.92. The van der Waals surface area contributed by atoms with Gasteiger partial charge >= 0.3 is 0 Å². The number of aromatic hydroxyl groups is 1. The van der Waals surface area contributed by atoms with Crippen LogP contribution in [0.2, 0.25) is 0 Å². The highest BCUT2D eigenvalue weighted by Crippen LogP contribution is 2.28. The molecule has 10 heteroatoms. The van der Waals surface area contributed by atoms with E-state index in [0.717, 1.165) is 27.0 Å². The molecule has 0 radical (unpaired) electrons. The number of halogens is 1. The van der Waals surface area contributed by atoms with Crippen molar-refractivity contribution in [1.82, 2.24) is 25.2 Å². The van der Waals surface area contributed by atoms with E-state index in [4.69, 9.17) is 0 Å². The molecule has 172 valence electrons. The van der Waals surface area contributed by atoms with Crippen molar-refractivity contribution in [2.75, 3.05) is 5.75 Å². The van der Waals surface area contributed by atoms with E-state index in [-0.39, 0.29) is 17.4 Å². The molecule has 0 spiro atoms. The molecule has 0 unspecified atom stereocenters. The Morgan fingerprint density at radius 3 is 2.44 bits per heavy atom. The maximum atomic E-state index is 12.5. The van der Waals surface area contributed by atoms with Crippen molar-refractivity contribution < 1.29 is 9.90 Å². The van der Waals surface area contributed by atoms with Gasteiger partial charge in [-0.15, -0.1) is 10.2 Å². The molecule has 0 aliphatic rings. The van der Waals surface area contributed by atoms with Crippen molar-refractivity contribution in [3.05, 3.63) is 83.1 Å². The van der Waals surface area contributed by atoms with Crippen LogP contribution in [0.1, 0.15) is 18.9 Å². The van der Waals surface area contributed by atoms with Gasteiger partial charge in [-0.1, -0.05) is 34.6 Å². The molecule has 0 fully saturated rings. The number of hydrazone groups is 1. The van der Waals surface area contributed by atoms with Crippen molar-refractivity contribution in [3.63, 3.8) is 0 Å². The minimum atomic E-state index is -0.259. The highest BCUT2D eigenvalue weighted by molar-refractivity contribution is 9.10. The lowest BCUT2D eigenvalue weighted by Gasteiger charge is -2.10. The van der Waals surface area contributed by atoms with E-state index in [1.807, 2.05) is 47.9 Å². The first-order valence-corrected chi connectivity index (χ1v) is 12.2. The summed E-state index contributed by atoms with van der Waals surface area (Å²) in [6.07, 6.45) is 4.03. The van der Waals surface area contributed by atoms with Gasteiger partial charge in [0.2, 0.25) is 0 Å². The van der Waals surface area contributed by atoms with Crippen LogP contribution in [-0.2, 0) is 4.79 Å². The first-order valence-electron chi connectivity index (χ1n) is 10.4. The third kappa shape index (κ3) is 5.70. The van der Waals surface area contributed by atoms with E-state index in [1.54, 1.807) is 36.7 Å². The number of benzene rings is 2. The average molecular weight is 537 g/mol. The number of hydrogen-bond acceptors (Lipinski definition) is 7. The molecular weight excluding hydrogens is 516 g/mol. The summed E-state index contributed by atoms with van der Waals surface area (Å²) < 4.78 is 2.87. The summed E-state index contributed by atoms with van der Waals surface area (Å²) in [5, 5.41) is 23.0. The predicted octanol–water partition coefficient (Wildman–Crippen LogP) is 4.82. The third-order valence-corrected chi connectivity index (χ3v) is 6.30. The number of phenols is 1. The predicted molar refractivity (Wildman–Crippen MR) is 136 cm³/mol. The van der Waals surface area contributed by atoms with Crippen LogP contribution < -0.4 is 5.43 Å². The first-order chi connectivity index (χ1) is 16.5. The highest BCUT2D eigenvalue weighted by Gasteiger charge is 2.17. The number of thioether (sulfide) groups is 1. The van der Waals surface area contributed by atoms with Gasteiger partial charge in [-0.25, -0.2) is 5.43 Å². The van der Waals surface area contributed by atoms with Crippen molar-refractivity contribution >= 4 is 39.3 Å². The maximum absolute atomic E-state index is 12.5. The number of carbonyl (C=O) groups is 1. The van der Waals surface area contributed by atoms with Crippen molar-refractivity contribution in [2.24, 2.45) is 5.10 Å². The maximum Gasteiger partial charge on any atom is 0.250 e. The van der Waals surface area contributed by atoms with Gasteiger partial charge in [0.15, 0.2) is 11.0 Å². The Hall–Kier alpha value is -3.50. The quantitative estimate of drug-likeness (QED) is 0.190. The lowest BCUT2D eigenvalue weighted by Crippen LogP contribution is -2.22. The molecule has 2 aromatic heterocycles. The second-order valence-corrected chi connectivity index (χ2v) is 8.99. The summed E-state index contributed by atoms with van der Waals surface area (Å²) in [4.78, 5) is 16.6. The lowest BCUT2D eigenvalue weighted by atomic mass is 10.1. The van der Waals surface area contributed by atoms with E-state index in [0.29, 0.717) is 17.4 Å². The molecular formula is C24H21BrN6O2S. The summed E-state index contributed by atoms with van der Waals surface area (Å²) in [6, 6.07) is 18.2. The molecule has 4 rings (SSSR count). The van der Waals surface area contributed by atoms with Crippen LogP contribution >= 0.6 is 27.7 Å². The third-order valence-electron chi connectivity index (χ3n) is 4.84. The Bertz CT molecular complexity index is 1290. The van der Waals surface area contributed by atoms with E-state index in [2.05, 4.69) is 41.6 Å². The standard InChI is InChI=1S/C24H21BrN6O2S/c1-2-21(16-3-9-20(32)10-4-16)27-28-22(33)15-34-24-30-29-23(17-11-13-26-14-12-17)31(24)19-7-5-18(25)6-8-19/h3-14,32H,2,15H2,1H3,(H,28,33)/b27-21+. The second-order valence-electron chi connectivity index (χ2n) is 7.14. The molecule has 2 N–H and O–H groups in total. The average Bonchev–Trinajstić information content (AvgIpc) is 3.29. The Labute approximate surface area is 209 Å². The Morgan fingerprint density at radius 2 is 1.76 bits per heavy atom. The fraction of sp³-hybridized carbons (Fsp3) is 0.125. The van der Waals surface area contributed by atoms with E-state index >= 15 is 0 Å². The fourth-order valence-electron chi connectivity index (χ4n) is 3.17. The van der Waals surface area contributed by atoms with Crippen LogP contribution in [-0.4, -0.2) is 42.2 Å². The van der Waals surface area contributed by atoms with Crippen LogP contribution in [0.4, 0.5) is 0 Å². The molecule has 0 saturated heterocycles. The Kier molecular flexibility index (Phi) is 7.71. The van der Waals surface area contributed by atoms with Gasteiger partial charge in [0.25, 0.3) is 5.91 Å². The van der Waals surface area contributed by atoms with E-state index in [9.17, 15) is 9.90 Å². The molecule has 0 atom stereocenters. The number of hydrogen-bond donors (Lipinski definition) is 2.